The average molecular weight is 167 g/mol. The van der Waals surface area contributed by atoms with Gasteiger partial charge in [-0.05, 0) is 20.3 Å². The summed E-state index contributed by atoms with van der Waals surface area (Å²) < 4.78 is 5.39. The van der Waals surface area contributed by atoms with Crippen LogP contribution in [0.3, 0.4) is 0 Å². The molecule has 1 saturated heterocycles. The van der Waals surface area contributed by atoms with Gasteiger partial charge in [0.2, 0.25) is 0 Å². The molecule has 1 aliphatic heterocycles. The monoisotopic (exact) mass is 167 g/mol. The van der Waals surface area contributed by atoms with Crippen molar-refractivity contribution in [1.29, 1.82) is 0 Å². The van der Waals surface area contributed by atoms with Crippen molar-refractivity contribution in [3.63, 3.8) is 0 Å². The molecule has 68 valence electrons. The van der Waals surface area contributed by atoms with Gasteiger partial charge in [0.25, 0.3) is 0 Å². The number of nitrogens with zero attached hydrogens (tertiary/aromatic N) is 1. The third-order valence-corrected chi connectivity index (χ3v) is 2.24. The van der Waals surface area contributed by atoms with Gasteiger partial charge in [0.05, 0.1) is 12.6 Å². The Morgan fingerprint density at radius 1 is 1.58 bits per heavy atom. The number of terminal acetylenes is 1. The minimum absolute atomic E-state index is 0.174. The van der Waals surface area contributed by atoms with Crippen LogP contribution >= 0.6 is 0 Å². The van der Waals surface area contributed by atoms with E-state index in [9.17, 15) is 0 Å². The first-order chi connectivity index (χ1) is 5.75. The molecule has 0 N–H and O–H groups in total. The Balaban J connectivity index is 2.59. The van der Waals surface area contributed by atoms with Gasteiger partial charge in [-0.2, -0.15) is 0 Å². The highest BCUT2D eigenvalue weighted by molar-refractivity contribution is 5.01. The zero-order chi connectivity index (χ0) is 8.97. The van der Waals surface area contributed by atoms with E-state index in [2.05, 4.69) is 24.7 Å². The Labute approximate surface area is 74.9 Å². The maximum atomic E-state index is 5.43. The van der Waals surface area contributed by atoms with Crippen molar-refractivity contribution in [3.8, 4) is 12.3 Å². The van der Waals surface area contributed by atoms with Crippen LogP contribution in [0.4, 0.5) is 0 Å². The lowest BCUT2D eigenvalue weighted by Gasteiger charge is -2.28. The van der Waals surface area contributed by atoms with E-state index in [1.54, 1.807) is 0 Å². The Kier molecular flexibility index (Phi) is 3.58. The molecule has 1 heterocycles. The third-order valence-electron chi connectivity index (χ3n) is 2.24. The second-order valence-electron chi connectivity index (χ2n) is 3.44. The highest BCUT2D eigenvalue weighted by Gasteiger charge is 2.21. The minimum atomic E-state index is 0.174. The smallest absolute Gasteiger partial charge is 0.0951 e. The van der Waals surface area contributed by atoms with Gasteiger partial charge < -0.3 is 4.74 Å². The molecule has 1 fully saturated rings. The lowest BCUT2D eigenvalue weighted by molar-refractivity contribution is 0.112. The number of ether oxygens (including phenoxy) is 1. The van der Waals surface area contributed by atoms with Crippen LogP contribution in [0.1, 0.15) is 20.3 Å². The Bertz CT molecular complexity index is 171. The first-order valence-corrected chi connectivity index (χ1v) is 4.55. The van der Waals surface area contributed by atoms with E-state index in [0.717, 1.165) is 19.6 Å². The van der Waals surface area contributed by atoms with Crippen LogP contribution in [0.2, 0.25) is 0 Å². The van der Waals surface area contributed by atoms with Crippen LogP contribution < -0.4 is 0 Å². The third kappa shape index (κ3) is 2.23. The van der Waals surface area contributed by atoms with Crippen LogP contribution in [-0.2, 0) is 4.74 Å². The van der Waals surface area contributed by atoms with E-state index in [1.807, 2.05) is 0 Å². The van der Waals surface area contributed by atoms with Crippen LogP contribution in [0.15, 0.2) is 0 Å². The lowest BCUT2D eigenvalue weighted by Crippen LogP contribution is -2.41. The highest BCUT2D eigenvalue weighted by atomic mass is 16.5. The van der Waals surface area contributed by atoms with Gasteiger partial charge in [0.15, 0.2) is 0 Å². The molecule has 0 aromatic rings. The van der Waals surface area contributed by atoms with E-state index in [1.165, 1.54) is 0 Å². The molecule has 0 aromatic carbocycles. The summed E-state index contributed by atoms with van der Waals surface area (Å²) in [5, 5.41) is 0. The first kappa shape index (κ1) is 9.57. The van der Waals surface area contributed by atoms with Crippen LogP contribution in [0.5, 0.6) is 0 Å². The molecular weight excluding hydrogens is 150 g/mol. The van der Waals surface area contributed by atoms with Gasteiger partial charge in [0, 0.05) is 19.2 Å². The zero-order valence-electron chi connectivity index (χ0n) is 7.92. The van der Waals surface area contributed by atoms with Gasteiger partial charge in [-0.15, -0.1) is 6.42 Å². The van der Waals surface area contributed by atoms with E-state index >= 15 is 0 Å². The van der Waals surface area contributed by atoms with E-state index in [-0.39, 0.29) is 6.04 Å². The predicted octanol–water partition coefficient (Wildman–Crippen LogP) is 1.12. The van der Waals surface area contributed by atoms with E-state index in [4.69, 9.17) is 11.2 Å². The van der Waals surface area contributed by atoms with Crippen LogP contribution in [-0.4, -0.2) is 36.7 Å². The van der Waals surface area contributed by atoms with Gasteiger partial charge in [-0.1, -0.05) is 5.92 Å². The van der Waals surface area contributed by atoms with Crippen molar-refractivity contribution >= 4 is 0 Å². The molecule has 0 bridgehead atoms. The summed E-state index contributed by atoms with van der Waals surface area (Å²) in [5.74, 6) is 2.78. The molecular formula is C10H17NO. The molecule has 1 rings (SSSR count). The molecule has 2 heteroatoms. The molecule has 0 aromatic heterocycles. The SMILES string of the molecule is C#C[C@H]1COCCCN1C(C)C. The van der Waals surface area contributed by atoms with Crippen LogP contribution in [0.25, 0.3) is 0 Å². The Morgan fingerprint density at radius 2 is 2.33 bits per heavy atom. The summed E-state index contributed by atoms with van der Waals surface area (Å²) in [4.78, 5) is 2.33. The number of hydrogen-bond donors (Lipinski definition) is 0. The molecule has 0 unspecified atom stereocenters. The normalized spacial score (nSPS) is 26.7. The van der Waals surface area contributed by atoms with Crippen molar-refractivity contribution in [3.05, 3.63) is 0 Å². The van der Waals surface area contributed by atoms with Crippen LogP contribution in [0, 0.1) is 12.3 Å². The van der Waals surface area contributed by atoms with Crippen molar-refractivity contribution in [2.45, 2.75) is 32.4 Å². The van der Waals surface area contributed by atoms with Gasteiger partial charge in [-0.3, -0.25) is 4.90 Å². The van der Waals surface area contributed by atoms with Crippen molar-refractivity contribution in [2.75, 3.05) is 19.8 Å². The minimum Gasteiger partial charge on any atom is -0.379 e. The molecule has 0 radical (unpaired) electrons. The second-order valence-corrected chi connectivity index (χ2v) is 3.44. The fourth-order valence-corrected chi connectivity index (χ4v) is 1.56. The maximum Gasteiger partial charge on any atom is 0.0951 e. The van der Waals surface area contributed by atoms with E-state index in [0.29, 0.717) is 12.6 Å². The summed E-state index contributed by atoms with van der Waals surface area (Å²) in [7, 11) is 0. The topological polar surface area (TPSA) is 12.5 Å². The number of rotatable bonds is 1. The Hall–Kier alpha value is -0.520. The first-order valence-electron chi connectivity index (χ1n) is 4.55. The lowest BCUT2D eigenvalue weighted by atomic mass is 10.2. The molecule has 0 amide bonds. The van der Waals surface area contributed by atoms with Gasteiger partial charge >= 0.3 is 0 Å². The standard InChI is InChI=1S/C10H17NO/c1-4-10-8-12-7-5-6-11(10)9(2)3/h1,9-10H,5-8H2,2-3H3/t10-/m0/s1. The predicted molar refractivity (Wildman–Crippen MR) is 49.9 cm³/mol. The molecule has 2 nitrogen and oxygen atoms in total. The molecule has 12 heavy (non-hydrogen) atoms. The summed E-state index contributed by atoms with van der Waals surface area (Å²) in [6.45, 7) is 6.95. The second kappa shape index (κ2) is 4.49. The molecule has 0 spiro atoms. The summed E-state index contributed by atoms with van der Waals surface area (Å²) in [6.07, 6.45) is 6.52. The number of hydrogen-bond acceptors (Lipinski definition) is 2. The zero-order valence-corrected chi connectivity index (χ0v) is 7.92. The fraction of sp³-hybridized carbons (Fsp3) is 0.800. The largest absolute Gasteiger partial charge is 0.379 e. The summed E-state index contributed by atoms with van der Waals surface area (Å²) in [6, 6.07) is 0.695. The maximum absolute atomic E-state index is 5.43. The average Bonchev–Trinajstić information content (AvgIpc) is 2.27. The van der Waals surface area contributed by atoms with Gasteiger partial charge in [0.1, 0.15) is 0 Å². The summed E-state index contributed by atoms with van der Waals surface area (Å²) in [5.41, 5.74) is 0. The molecule has 0 saturated carbocycles. The highest BCUT2D eigenvalue weighted by Crippen LogP contribution is 2.10. The van der Waals surface area contributed by atoms with Crippen molar-refractivity contribution < 1.29 is 4.74 Å². The fourth-order valence-electron chi connectivity index (χ4n) is 1.56. The summed E-state index contributed by atoms with van der Waals surface area (Å²) >= 11 is 0. The molecule has 1 atom stereocenters. The quantitative estimate of drug-likeness (QED) is 0.543. The van der Waals surface area contributed by atoms with E-state index < -0.39 is 0 Å². The van der Waals surface area contributed by atoms with Gasteiger partial charge in [-0.25, -0.2) is 0 Å². The van der Waals surface area contributed by atoms with Crippen molar-refractivity contribution in [2.24, 2.45) is 0 Å². The molecule has 1 aliphatic rings. The van der Waals surface area contributed by atoms with Crippen molar-refractivity contribution in [1.82, 2.24) is 4.90 Å². The Morgan fingerprint density at radius 3 is 2.92 bits per heavy atom. The molecule has 0 aliphatic carbocycles.